The number of pyridine rings is 1. The van der Waals surface area contributed by atoms with Gasteiger partial charge in [-0.1, -0.05) is 6.07 Å². The number of anilines is 1. The number of amides is 3. The van der Waals surface area contributed by atoms with Gasteiger partial charge in [-0.3, -0.25) is 14.4 Å². The molecule has 0 atom stereocenters. The number of carbonyl (C=O) groups is 3. The standard InChI is InChI=1S/C14H18N4O3/c1-10-3-4-12(15-9-10)16-13(20)14(21)18-7-5-17(6-8-18)11(2)19/h3-4,9H,5-8H2,1-2H3,(H,15,16,20). The van der Waals surface area contributed by atoms with Crippen molar-refractivity contribution in [1.82, 2.24) is 14.8 Å². The maximum absolute atomic E-state index is 12.0. The van der Waals surface area contributed by atoms with E-state index < -0.39 is 11.8 Å². The van der Waals surface area contributed by atoms with Crippen molar-refractivity contribution in [1.29, 1.82) is 0 Å². The molecule has 2 rings (SSSR count). The highest BCUT2D eigenvalue weighted by atomic mass is 16.2. The van der Waals surface area contributed by atoms with Crippen LogP contribution in [0.3, 0.4) is 0 Å². The third-order valence-electron chi connectivity index (χ3n) is 3.36. The van der Waals surface area contributed by atoms with Crippen molar-refractivity contribution >= 4 is 23.5 Å². The largest absolute Gasteiger partial charge is 0.339 e. The number of hydrogen-bond donors (Lipinski definition) is 1. The summed E-state index contributed by atoms with van der Waals surface area (Å²) in [4.78, 5) is 42.3. The van der Waals surface area contributed by atoms with E-state index in [1.165, 1.54) is 11.8 Å². The Balaban J connectivity index is 1.90. The van der Waals surface area contributed by atoms with Gasteiger partial charge in [-0.2, -0.15) is 0 Å². The van der Waals surface area contributed by atoms with Gasteiger partial charge in [-0.25, -0.2) is 4.98 Å². The highest BCUT2D eigenvalue weighted by Gasteiger charge is 2.26. The second-order valence-corrected chi connectivity index (χ2v) is 4.97. The van der Waals surface area contributed by atoms with Crippen LogP contribution in [0.5, 0.6) is 0 Å². The third kappa shape index (κ3) is 3.77. The number of rotatable bonds is 1. The molecular formula is C14H18N4O3. The van der Waals surface area contributed by atoms with E-state index >= 15 is 0 Å². The Morgan fingerprint density at radius 1 is 1.10 bits per heavy atom. The zero-order chi connectivity index (χ0) is 15.4. The topological polar surface area (TPSA) is 82.6 Å². The monoisotopic (exact) mass is 290 g/mol. The lowest BCUT2D eigenvalue weighted by molar-refractivity contribution is -0.145. The van der Waals surface area contributed by atoms with Crippen molar-refractivity contribution < 1.29 is 14.4 Å². The fraction of sp³-hybridized carbons (Fsp3) is 0.429. The van der Waals surface area contributed by atoms with Crippen LogP contribution in [0.2, 0.25) is 0 Å². The molecule has 0 radical (unpaired) electrons. The maximum atomic E-state index is 12.0. The van der Waals surface area contributed by atoms with Gasteiger partial charge in [0.2, 0.25) is 5.91 Å². The number of nitrogens with zero attached hydrogens (tertiary/aromatic N) is 3. The maximum Gasteiger partial charge on any atom is 0.315 e. The molecule has 1 aromatic heterocycles. The van der Waals surface area contributed by atoms with E-state index in [1.54, 1.807) is 23.2 Å². The molecular weight excluding hydrogens is 272 g/mol. The molecule has 3 amide bonds. The normalized spacial score (nSPS) is 14.8. The summed E-state index contributed by atoms with van der Waals surface area (Å²) in [6, 6.07) is 3.45. The molecule has 0 aliphatic carbocycles. The molecule has 0 bridgehead atoms. The first-order valence-electron chi connectivity index (χ1n) is 6.76. The summed E-state index contributed by atoms with van der Waals surface area (Å²) in [6.07, 6.45) is 1.62. The van der Waals surface area contributed by atoms with Crippen LogP contribution in [0.1, 0.15) is 12.5 Å². The van der Waals surface area contributed by atoms with Crippen LogP contribution in [0.15, 0.2) is 18.3 Å². The number of nitrogens with one attached hydrogen (secondary N) is 1. The molecule has 1 aromatic rings. The van der Waals surface area contributed by atoms with E-state index in [4.69, 9.17) is 0 Å². The second-order valence-electron chi connectivity index (χ2n) is 4.97. The van der Waals surface area contributed by atoms with E-state index in [0.29, 0.717) is 32.0 Å². The Morgan fingerprint density at radius 2 is 1.71 bits per heavy atom. The third-order valence-corrected chi connectivity index (χ3v) is 3.36. The molecule has 112 valence electrons. The lowest BCUT2D eigenvalue weighted by Crippen LogP contribution is -2.52. The van der Waals surface area contributed by atoms with E-state index in [0.717, 1.165) is 5.56 Å². The van der Waals surface area contributed by atoms with Crippen molar-refractivity contribution in [2.75, 3.05) is 31.5 Å². The molecule has 0 saturated carbocycles. The number of aryl methyl sites for hydroxylation is 1. The Hall–Kier alpha value is -2.44. The minimum Gasteiger partial charge on any atom is -0.339 e. The molecule has 21 heavy (non-hydrogen) atoms. The summed E-state index contributed by atoms with van der Waals surface area (Å²) >= 11 is 0. The van der Waals surface area contributed by atoms with Crippen molar-refractivity contribution in [2.24, 2.45) is 0 Å². The quantitative estimate of drug-likeness (QED) is 0.739. The Morgan fingerprint density at radius 3 is 2.24 bits per heavy atom. The first kappa shape index (κ1) is 15.0. The average molecular weight is 290 g/mol. The van der Waals surface area contributed by atoms with Crippen LogP contribution in [-0.2, 0) is 14.4 Å². The van der Waals surface area contributed by atoms with Gasteiger partial charge in [-0.15, -0.1) is 0 Å². The second kappa shape index (κ2) is 6.34. The SMILES string of the molecule is CC(=O)N1CCN(C(=O)C(=O)Nc2ccc(C)cn2)CC1. The highest BCUT2D eigenvalue weighted by Crippen LogP contribution is 2.06. The van der Waals surface area contributed by atoms with Gasteiger partial charge in [0, 0.05) is 39.3 Å². The minimum atomic E-state index is -0.706. The van der Waals surface area contributed by atoms with Crippen LogP contribution in [-0.4, -0.2) is 58.7 Å². The molecule has 0 unspecified atom stereocenters. The Kier molecular flexibility index (Phi) is 4.52. The fourth-order valence-corrected chi connectivity index (χ4v) is 2.08. The number of hydrogen-bond acceptors (Lipinski definition) is 4. The van der Waals surface area contributed by atoms with Gasteiger partial charge in [0.15, 0.2) is 0 Å². The molecule has 1 aliphatic heterocycles. The summed E-state index contributed by atoms with van der Waals surface area (Å²) in [5.41, 5.74) is 0.972. The lowest BCUT2D eigenvalue weighted by atomic mass is 10.3. The number of piperazine rings is 1. The van der Waals surface area contributed by atoms with Crippen LogP contribution < -0.4 is 5.32 Å². The Bertz CT molecular complexity index is 548. The van der Waals surface area contributed by atoms with Gasteiger partial charge in [0.1, 0.15) is 5.82 Å². The first-order chi connectivity index (χ1) is 9.97. The van der Waals surface area contributed by atoms with Crippen molar-refractivity contribution in [3.63, 3.8) is 0 Å². The number of aromatic nitrogens is 1. The van der Waals surface area contributed by atoms with Crippen molar-refractivity contribution in [2.45, 2.75) is 13.8 Å². The molecule has 7 heteroatoms. The minimum absolute atomic E-state index is 0.0181. The van der Waals surface area contributed by atoms with Crippen molar-refractivity contribution in [3.8, 4) is 0 Å². The van der Waals surface area contributed by atoms with E-state index in [1.807, 2.05) is 6.92 Å². The molecule has 0 spiro atoms. The fourth-order valence-electron chi connectivity index (χ4n) is 2.08. The molecule has 1 fully saturated rings. The van der Waals surface area contributed by atoms with Gasteiger partial charge >= 0.3 is 11.8 Å². The van der Waals surface area contributed by atoms with Gasteiger partial charge in [0.25, 0.3) is 0 Å². The van der Waals surface area contributed by atoms with E-state index in [9.17, 15) is 14.4 Å². The van der Waals surface area contributed by atoms with Crippen LogP contribution in [0.25, 0.3) is 0 Å². The summed E-state index contributed by atoms with van der Waals surface area (Å²) in [5, 5.41) is 2.48. The summed E-state index contributed by atoms with van der Waals surface area (Å²) in [6.45, 7) is 5.03. The average Bonchev–Trinajstić information content (AvgIpc) is 2.49. The predicted octanol–water partition coefficient (Wildman–Crippen LogP) is 0.0192. The molecule has 1 saturated heterocycles. The predicted molar refractivity (Wildman–Crippen MR) is 76.4 cm³/mol. The van der Waals surface area contributed by atoms with Gasteiger partial charge in [-0.05, 0) is 18.6 Å². The van der Waals surface area contributed by atoms with E-state index in [2.05, 4.69) is 10.3 Å². The smallest absolute Gasteiger partial charge is 0.315 e. The number of carbonyl (C=O) groups excluding carboxylic acids is 3. The first-order valence-corrected chi connectivity index (χ1v) is 6.76. The van der Waals surface area contributed by atoms with E-state index in [-0.39, 0.29) is 5.91 Å². The summed E-state index contributed by atoms with van der Waals surface area (Å²) in [7, 11) is 0. The molecule has 0 aromatic carbocycles. The molecule has 2 heterocycles. The van der Waals surface area contributed by atoms with Crippen LogP contribution >= 0.6 is 0 Å². The summed E-state index contributed by atoms with van der Waals surface area (Å²) < 4.78 is 0. The van der Waals surface area contributed by atoms with Gasteiger partial charge < -0.3 is 15.1 Å². The van der Waals surface area contributed by atoms with Crippen LogP contribution in [0, 0.1) is 6.92 Å². The lowest BCUT2D eigenvalue weighted by Gasteiger charge is -2.33. The molecule has 7 nitrogen and oxygen atoms in total. The zero-order valence-corrected chi connectivity index (χ0v) is 12.1. The van der Waals surface area contributed by atoms with Crippen molar-refractivity contribution in [3.05, 3.63) is 23.9 Å². The highest BCUT2D eigenvalue weighted by molar-refractivity contribution is 6.39. The van der Waals surface area contributed by atoms with Crippen LogP contribution in [0.4, 0.5) is 5.82 Å². The molecule has 1 aliphatic rings. The molecule has 1 N–H and O–H groups in total. The zero-order valence-electron chi connectivity index (χ0n) is 12.1. The van der Waals surface area contributed by atoms with Gasteiger partial charge in [0.05, 0.1) is 0 Å². The Labute approximate surface area is 122 Å². The summed E-state index contributed by atoms with van der Waals surface area (Å²) in [5.74, 6) is -0.972.